The van der Waals surface area contributed by atoms with Crippen LogP contribution >= 0.6 is 0 Å². The number of fused-ring (bicyclic) bond motifs is 1. The fourth-order valence-corrected chi connectivity index (χ4v) is 2.80. The van der Waals surface area contributed by atoms with Crippen LogP contribution in [0.4, 0.5) is 5.69 Å². The van der Waals surface area contributed by atoms with E-state index >= 15 is 0 Å². The highest BCUT2D eigenvalue weighted by atomic mass is 16.5. The molecule has 0 unspecified atom stereocenters. The first-order valence-electron chi connectivity index (χ1n) is 8.46. The molecule has 0 aromatic heterocycles. The van der Waals surface area contributed by atoms with E-state index in [2.05, 4.69) is 46.7 Å². The molecule has 3 aromatic rings. The average Bonchev–Trinajstić information content (AvgIpc) is 2.67. The number of nitrogens with zero attached hydrogens (tertiary/aromatic N) is 1. The summed E-state index contributed by atoms with van der Waals surface area (Å²) in [6.45, 7) is 0.616. The van der Waals surface area contributed by atoms with E-state index in [4.69, 9.17) is 15.2 Å². The van der Waals surface area contributed by atoms with Gasteiger partial charge in [-0.1, -0.05) is 42.5 Å². The van der Waals surface area contributed by atoms with Crippen LogP contribution in [0.5, 0.6) is 11.5 Å². The van der Waals surface area contributed by atoms with Gasteiger partial charge in [-0.05, 0) is 34.9 Å². The number of methoxy groups -OCH3 is 2. The van der Waals surface area contributed by atoms with Crippen molar-refractivity contribution in [1.82, 2.24) is 0 Å². The third-order valence-corrected chi connectivity index (χ3v) is 4.15. The SMILES string of the molecule is COc1ccc(NC(N)=NCCc2ccc3ccccc3c2)cc1OC. The summed E-state index contributed by atoms with van der Waals surface area (Å²) in [7, 11) is 3.20. The average molecular weight is 349 g/mol. The van der Waals surface area contributed by atoms with Crippen LogP contribution in [0.15, 0.2) is 65.7 Å². The number of aliphatic imine (C=N–C) groups is 1. The lowest BCUT2D eigenvalue weighted by Gasteiger charge is -2.11. The van der Waals surface area contributed by atoms with Gasteiger partial charge >= 0.3 is 0 Å². The first kappa shape index (κ1) is 17.6. The van der Waals surface area contributed by atoms with Crippen molar-refractivity contribution in [3.63, 3.8) is 0 Å². The van der Waals surface area contributed by atoms with Gasteiger partial charge in [-0.3, -0.25) is 4.99 Å². The van der Waals surface area contributed by atoms with Crippen LogP contribution in [0.1, 0.15) is 5.56 Å². The molecule has 0 spiro atoms. The zero-order chi connectivity index (χ0) is 18.4. The Balaban J connectivity index is 1.61. The number of benzene rings is 3. The van der Waals surface area contributed by atoms with E-state index in [9.17, 15) is 0 Å². The largest absolute Gasteiger partial charge is 0.493 e. The fraction of sp³-hybridized carbons (Fsp3) is 0.190. The van der Waals surface area contributed by atoms with Gasteiger partial charge in [-0.2, -0.15) is 0 Å². The molecule has 5 heteroatoms. The van der Waals surface area contributed by atoms with Crippen molar-refractivity contribution in [3.05, 3.63) is 66.2 Å². The Bertz CT molecular complexity index is 922. The van der Waals surface area contributed by atoms with Gasteiger partial charge in [0.05, 0.1) is 14.2 Å². The molecule has 0 bridgehead atoms. The molecule has 134 valence electrons. The number of ether oxygens (including phenoxy) is 2. The van der Waals surface area contributed by atoms with Crippen LogP contribution in [-0.2, 0) is 6.42 Å². The minimum Gasteiger partial charge on any atom is -0.493 e. The Hall–Kier alpha value is -3.21. The minimum absolute atomic E-state index is 0.373. The van der Waals surface area contributed by atoms with Crippen molar-refractivity contribution in [2.24, 2.45) is 10.7 Å². The highest BCUT2D eigenvalue weighted by Gasteiger charge is 2.05. The summed E-state index contributed by atoms with van der Waals surface area (Å²) >= 11 is 0. The monoisotopic (exact) mass is 349 g/mol. The maximum atomic E-state index is 5.99. The third-order valence-electron chi connectivity index (χ3n) is 4.15. The fourth-order valence-electron chi connectivity index (χ4n) is 2.80. The van der Waals surface area contributed by atoms with Crippen LogP contribution in [0.25, 0.3) is 10.8 Å². The Labute approximate surface area is 153 Å². The summed E-state index contributed by atoms with van der Waals surface area (Å²) in [4.78, 5) is 4.40. The molecule has 0 aliphatic carbocycles. The Morgan fingerprint density at radius 2 is 1.69 bits per heavy atom. The molecular weight excluding hydrogens is 326 g/mol. The van der Waals surface area contributed by atoms with Crippen molar-refractivity contribution < 1.29 is 9.47 Å². The van der Waals surface area contributed by atoms with Gasteiger partial charge in [0.2, 0.25) is 0 Å². The van der Waals surface area contributed by atoms with E-state index in [0.29, 0.717) is 24.0 Å². The van der Waals surface area contributed by atoms with E-state index < -0.39 is 0 Å². The molecule has 0 aliphatic heterocycles. The summed E-state index contributed by atoms with van der Waals surface area (Å²) in [6, 6.07) is 20.3. The molecule has 3 rings (SSSR count). The first-order valence-corrected chi connectivity index (χ1v) is 8.46. The van der Waals surface area contributed by atoms with Gasteiger partial charge in [0.15, 0.2) is 17.5 Å². The quantitative estimate of drug-likeness (QED) is 0.524. The zero-order valence-corrected chi connectivity index (χ0v) is 15.0. The molecule has 0 aliphatic rings. The maximum absolute atomic E-state index is 5.99. The summed E-state index contributed by atoms with van der Waals surface area (Å²) in [5.41, 5.74) is 8.03. The van der Waals surface area contributed by atoms with Crippen LogP contribution < -0.4 is 20.5 Å². The topological polar surface area (TPSA) is 68.9 Å². The molecule has 0 fully saturated rings. The second kappa shape index (κ2) is 8.25. The maximum Gasteiger partial charge on any atom is 0.193 e. The highest BCUT2D eigenvalue weighted by molar-refractivity contribution is 5.92. The molecule has 3 N–H and O–H groups in total. The van der Waals surface area contributed by atoms with Crippen LogP contribution in [0.3, 0.4) is 0 Å². The van der Waals surface area contributed by atoms with E-state index in [1.165, 1.54) is 16.3 Å². The summed E-state index contributed by atoms with van der Waals surface area (Å²) < 4.78 is 10.5. The number of guanidine groups is 1. The molecule has 3 aromatic carbocycles. The van der Waals surface area contributed by atoms with Crippen molar-refractivity contribution >= 4 is 22.4 Å². The lowest BCUT2D eigenvalue weighted by molar-refractivity contribution is 0.355. The molecule has 0 saturated heterocycles. The standard InChI is InChI=1S/C21H23N3O2/c1-25-19-10-9-18(14-20(19)26-2)24-21(22)23-12-11-15-7-8-16-5-3-4-6-17(16)13-15/h3-10,13-14H,11-12H2,1-2H3,(H3,22,23,24). The minimum atomic E-state index is 0.373. The van der Waals surface area contributed by atoms with E-state index in [0.717, 1.165) is 12.1 Å². The number of nitrogens with two attached hydrogens (primary N) is 1. The molecule has 0 radical (unpaired) electrons. The Morgan fingerprint density at radius 3 is 2.46 bits per heavy atom. The summed E-state index contributed by atoms with van der Waals surface area (Å²) in [5, 5.41) is 5.56. The number of nitrogens with one attached hydrogen (secondary N) is 1. The molecule has 0 atom stereocenters. The number of hydrogen-bond donors (Lipinski definition) is 2. The second-order valence-electron chi connectivity index (χ2n) is 5.89. The Kier molecular flexibility index (Phi) is 5.59. The van der Waals surface area contributed by atoms with Crippen molar-refractivity contribution in [1.29, 1.82) is 0 Å². The molecule has 0 heterocycles. The molecule has 0 amide bonds. The molecule has 5 nitrogen and oxygen atoms in total. The van der Waals surface area contributed by atoms with Crippen LogP contribution in [-0.4, -0.2) is 26.7 Å². The molecule has 0 saturated carbocycles. The van der Waals surface area contributed by atoms with Crippen LogP contribution in [0.2, 0.25) is 0 Å². The molecular formula is C21H23N3O2. The Morgan fingerprint density at radius 1 is 0.923 bits per heavy atom. The third kappa shape index (κ3) is 4.25. The van der Waals surface area contributed by atoms with Gasteiger partial charge in [0, 0.05) is 18.3 Å². The van der Waals surface area contributed by atoms with Crippen molar-refractivity contribution in [2.45, 2.75) is 6.42 Å². The summed E-state index contributed by atoms with van der Waals surface area (Å²) in [5.74, 6) is 1.68. The number of hydrogen-bond acceptors (Lipinski definition) is 3. The molecule has 26 heavy (non-hydrogen) atoms. The summed E-state index contributed by atoms with van der Waals surface area (Å²) in [6.07, 6.45) is 0.832. The van der Waals surface area contributed by atoms with Gasteiger partial charge in [-0.15, -0.1) is 0 Å². The number of anilines is 1. The van der Waals surface area contributed by atoms with Gasteiger partial charge in [0.1, 0.15) is 0 Å². The second-order valence-corrected chi connectivity index (χ2v) is 5.89. The lowest BCUT2D eigenvalue weighted by atomic mass is 10.1. The predicted octanol–water partition coefficient (Wildman–Crippen LogP) is 3.83. The van der Waals surface area contributed by atoms with E-state index in [1.54, 1.807) is 14.2 Å². The van der Waals surface area contributed by atoms with Gasteiger partial charge in [0.25, 0.3) is 0 Å². The zero-order valence-electron chi connectivity index (χ0n) is 15.0. The van der Waals surface area contributed by atoms with Gasteiger partial charge in [-0.25, -0.2) is 0 Å². The lowest BCUT2D eigenvalue weighted by Crippen LogP contribution is -2.23. The first-order chi connectivity index (χ1) is 12.7. The van der Waals surface area contributed by atoms with Gasteiger partial charge < -0.3 is 20.5 Å². The highest BCUT2D eigenvalue weighted by Crippen LogP contribution is 2.29. The number of rotatable bonds is 6. The van der Waals surface area contributed by atoms with E-state index in [-0.39, 0.29) is 0 Å². The van der Waals surface area contributed by atoms with Crippen molar-refractivity contribution in [3.8, 4) is 11.5 Å². The smallest absolute Gasteiger partial charge is 0.193 e. The normalized spacial score (nSPS) is 11.4. The predicted molar refractivity (Wildman–Crippen MR) is 107 cm³/mol. The van der Waals surface area contributed by atoms with Crippen molar-refractivity contribution in [2.75, 3.05) is 26.1 Å². The van der Waals surface area contributed by atoms with E-state index in [1.807, 2.05) is 24.3 Å². The van der Waals surface area contributed by atoms with Crippen LogP contribution in [0, 0.1) is 0 Å².